The van der Waals surface area contributed by atoms with Crippen LogP contribution < -0.4 is 15.4 Å². The van der Waals surface area contributed by atoms with Gasteiger partial charge < -0.3 is 20.1 Å². The number of nitrogens with one attached hydrogen (secondary N) is 2. The highest BCUT2D eigenvalue weighted by molar-refractivity contribution is 14.0. The van der Waals surface area contributed by atoms with Crippen molar-refractivity contribution in [3.63, 3.8) is 0 Å². The Kier molecular flexibility index (Phi) is 13.4. The van der Waals surface area contributed by atoms with Crippen molar-refractivity contribution >= 4 is 29.9 Å². The summed E-state index contributed by atoms with van der Waals surface area (Å²) in [5.41, 5.74) is 0.832. The number of ether oxygens (including phenoxy) is 2. The Hall–Kier alpha value is -1.09. The van der Waals surface area contributed by atoms with Gasteiger partial charge in [-0.3, -0.25) is 4.99 Å². The Labute approximate surface area is 174 Å². The van der Waals surface area contributed by atoms with Gasteiger partial charge in [-0.15, -0.1) is 24.0 Å². The van der Waals surface area contributed by atoms with E-state index in [0.29, 0.717) is 25.0 Å². The van der Waals surface area contributed by atoms with Crippen molar-refractivity contribution in [1.29, 1.82) is 0 Å². The highest BCUT2D eigenvalue weighted by atomic mass is 127. The van der Waals surface area contributed by atoms with Crippen LogP contribution in [-0.2, 0) is 11.3 Å². The molecule has 1 aromatic rings. The Balaban J connectivity index is 0.00000625. The summed E-state index contributed by atoms with van der Waals surface area (Å²) in [6, 6.07) is 4.98. The first kappa shape index (κ1) is 24.9. The maximum Gasteiger partial charge on any atom is 0.191 e. The first-order valence-electron chi connectivity index (χ1n) is 8.99. The zero-order valence-corrected chi connectivity index (χ0v) is 18.8. The van der Waals surface area contributed by atoms with E-state index in [1.165, 1.54) is 6.07 Å². The molecular formula is C19H33FIN3O2. The zero-order valence-electron chi connectivity index (χ0n) is 16.5. The highest BCUT2D eigenvalue weighted by Gasteiger charge is 2.13. The van der Waals surface area contributed by atoms with Crippen LogP contribution in [0.5, 0.6) is 5.75 Å². The van der Waals surface area contributed by atoms with Crippen LogP contribution in [0.1, 0.15) is 39.7 Å². The molecule has 0 aromatic heterocycles. The lowest BCUT2D eigenvalue weighted by atomic mass is 10.0. The molecule has 150 valence electrons. The minimum Gasteiger partial charge on any atom is -0.491 e. The highest BCUT2D eigenvalue weighted by Crippen LogP contribution is 2.18. The summed E-state index contributed by atoms with van der Waals surface area (Å²) in [6.07, 6.45) is 1.14. The van der Waals surface area contributed by atoms with Crippen LogP contribution in [0.15, 0.2) is 23.2 Å². The Morgan fingerprint density at radius 2 is 1.92 bits per heavy atom. The lowest BCUT2D eigenvalue weighted by molar-refractivity contribution is 0.0258. The minimum atomic E-state index is -0.347. The van der Waals surface area contributed by atoms with E-state index in [2.05, 4.69) is 29.5 Å². The summed E-state index contributed by atoms with van der Waals surface area (Å²) < 4.78 is 24.8. The quantitative estimate of drug-likeness (QED) is 0.302. The first-order chi connectivity index (χ1) is 12.0. The number of rotatable bonds is 10. The second-order valence-electron chi connectivity index (χ2n) is 6.08. The lowest BCUT2D eigenvalue weighted by Gasteiger charge is -2.21. The summed E-state index contributed by atoms with van der Waals surface area (Å²) in [4.78, 5) is 4.20. The van der Waals surface area contributed by atoms with Crippen molar-refractivity contribution in [2.24, 2.45) is 10.9 Å². The molecule has 0 aliphatic carbocycles. The van der Waals surface area contributed by atoms with Crippen LogP contribution in [0, 0.1) is 11.7 Å². The molecule has 1 atom stereocenters. The SMILES string of the molecule is CCOc1ccc(CNC(=NC)NCCC(OCC)C(C)C)cc1F.I. The Morgan fingerprint density at radius 3 is 2.46 bits per heavy atom. The molecule has 26 heavy (non-hydrogen) atoms. The average Bonchev–Trinajstić information content (AvgIpc) is 2.59. The largest absolute Gasteiger partial charge is 0.491 e. The van der Waals surface area contributed by atoms with Gasteiger partial charge in [0.25, 0.3) is 0 Å². The van der Waals surface area contributed by atoms with Crippen LogP contribution in [0.4, 0.5) is 4.39 Å². The number of benzene rings is 1. The molecule has 0 spiro atoms. The van der Waals surface area contributed by atoms with E-state index < -0.39 is 0 Å². The summed E-state index contributed by atoms with van der Waals surface area (Å²) in [5.74, 6) is 1.10. The van der Waals surface area contributed by atoms with Crippen LogP contribution >= 0.6 is 24.0 Å². The molecule has 5 nitrogen and oxygen atoms in total. The van der Waals surface area contributed by atoms with Crippen molar-refractivity contribution < 1.29 is 13.9 Å². The number of guanidine groups is 1. The number of hydrogen-bond donors (Lipinski definition) is 2. The van der Waals surface area contributed by atoms with Gasteiger partial charge in [-0.2, -0.15) is 0 Å². The fourth-order valence-corrected chi connectivity index (χ4v) is 2.49. The third-order valence-corrected chi connectivity index (χ3v) is 3.83. The summed E-state index contributed by atoms with van der Waals surface area (Å²) >= 11 is 0. The predicted octanol–water partition coefficient (Wildman–Crippen LogP) is 3.96. The molecule has 2 N–H and O–H groups in total. The Bertz CT molecular complexity index is 542. The summed E-state index contributed by atoms with van der Waals surface area (Å²) in [7, 11) is 1.72. The van der Waals surface area contributed by atoms with E-state index in [1.807, 2.05) is 19.9 Å². The normalized spacial score (nSPS) is 12.5. The van der Waals surface area contributed by atoms with Gasteiger partial charge in [0.15, 0.2) is 17.5 Å². The number of nitrogens with zero attached hydrogens (tertiary/aromatic N) is 1. The van der Waals surface area contributed by atoms with Crippen molar-refractivity contribution in [1.82, 2.24) is 10.6 Å². The van der Waals surface area contributed by atoms with E-state index in [1.54, 1.807) is 13.1 Å². The zero-order chi connectivity index (χ0) is 18.7. The maximum absolute atomic E-state index is 13.9. The van der Waals surface area contributed by atoms with Crippen molar-refractivity contribution in [2.75, 3.05) is 26.8 Å². The monoisotopic (exact) mass is 481 g/mol. The lowest BCUT2D eigenvalue weighted by Crippen LogP contribution is -2.38. The molecule has 0 saturated carbocycles. The van der Waals surface area contributed by atoms with Gasteiger partial charge in [-0.05, 0) is 43.9 Å². The first-order valence-corrected chi connectivity index (χ1v) is 8.99. The molecule has 0 fully saturated rings. The fraction of sp³-hybridized carbons (Fsp3) is 0.632. The molecule has 7 heteroatoms. The van der Waals surface area contributed by atoms with Crippen molar-refractivity contribution in [2.45, 2.75) is 46.8 Å². The third kappa shape index (κ3) is 9.02. The number of hydrogen-bond acceptors (Lipinski definition) is 3. The topological polar surface area (TPSA) is 54.9 Å². The third-order valence-electron chi connectivity index (χ3n) is 3.83. The molecule has 1 rings (SSSR count). The Morgan fingerprint density at radius 1 is 1.19 bits per heavy atom. The molecular weight excluding hydrogens is 448 g/mol. The molecule has 0 heterocycles. The van der Waals surface area contributed by atoms with Crippen LogP contribution in [-0.4, -0.2) is 38.9 Å². The van der Waals surface area contributed by atoms with E-state index in [9.17, 15) is 4.39 Å². The van der Waals surface area contributed by atoms with Crippen LogP contribution in [0.3, 0.4) is 0 Å². The van der Waals surface area contributed by atoms with Gasteiger partial charge in [0.05, 0.1) is 12.7 Å². The van der Waals surface area contributed by atoms with E-state index in [4.69, 9.17) is 9.47 Å². The molecule has 0 aliphatic rings. The maximum atomic E-state index is 13.9. The van der Waals surface area contributed by atoms with E-state index >= 15 is 0 Å². The van der Waals surface area contributed by atoms with Gasteiger partial charge in [-0.1, -0.05) is 19.9 Å². The van der Waals surface area contributed by atoms with E-state index in [0.717, 1.165) is 25.1 Å². The summed E-state index contributed by atoms with van der Waals surface area (Å²) in [6.45, 7) is 10.6. The molecule has 0 amide bonds. The number of halogens is 2. The molecule has 0 radical (unpaired) electrons. The second-order valence-corrected chi connectivity index (χ2v) is 6.08. The van der Waals surface area contributed by atoms with Crippen LogP contribution in [0.25, 0.3) is 0 Å². The van der Waals surface area contributed by atoms with Gasteiger partial charge in [-0.25, -0.2) is 4.39 Å². The fourth-order valence-electron chi connectivity index (χ4n) is 2.49. The minimum absolute atomic E-state index is 0. The number of aliphatic imine (C=N–C) groups is 1. The standard InChI is InChI=1S/C19H32FN3O2.HI/c1-6-24-17(14(3)4)10-11-22-19(21-5)23-13-15-8-9-18(25-7-2)16(20)12-15;/h8-9,12,14,17H,6-7,10-11,13H2,1-5H3,(H2,21,22,23);1H. The van der Waals surface area contributed by atoms with Crippen LogP contribution in [0.2, 0.25) is 0 Å². The summed E-state index contributed by atoms with van der Waals surface area (Å²) in [5, 5.41) is 6.46. The van der Waals surface area contributed by atoms with Gasteiger partial charge >= 0.3 is 0 Å². The van der Waals surface area contributed by atoms with Gasteiger partial charge in [0.1, 0.15) is 0 Å². The average molecular weight is 481 g/mol. The molecule has 0 saturated heterocycles. The molecule has 0 bridgehead atoms. The molecule has 0 aliphatic heterocycles. The van der Waals surface area contributed by atoms with Gasteiger partial charge in [0.2, 0.25) is 0 Å². The van der Waals surface area contributed by atoms with E-state index in [-0.39, 0.29) is 41.6 Å². The molecule has 1 unspecified atom stereocenters. The van der Waals surface area contributed by atoms with Gasteiger partial charge in [0, 0.05) is 26.7 Å². The van der Waals surface area contributed by atoms with Crippen molar-refractivity contribution in [3.8, 4) is 5.75 Å². The van der Waals surface area contributed by atoms with Crippen molar-refractivity contribution in [3.05, 3.63) is 29.6 Å². The predicted molar refractivity (Wildman–Crippen MR) is 116 cm³/mol. The second kappa shape index (κ2) is 14.0. The molecule has 1 aromatic carbocycles. The smallest absolute Gasteiger partial charge is 0.191 e.